The van der Waals surface area contributed by atoms with Gasteiger partial charge in [0.25, 0.3) is 0 Å². The van der Waals surface area contributed by atoms with Gasteiger partial charge in [0.15, 0.2) is 5.65 Å². The molecule has 7 nitrogen and oxygen atoms in total. The van der Waals surface area contributed by atoms with E-state index in [9.17, 15) is 18.0 Å². The van der Waals surface area contributed by atoms with Gasteiger partial charge in [0.1, 0.15) is 12.1 Å². The van der Waals surface area contributed by atoms with E-state index in [0.717, 1.165) is 11.6 Å². The van der Waals surface area contributed by atoms with Crippen molar-refractivity contribution in [2.75, 3.05) is 5.73 Å². The SMILES string of the molecule is NC(=O)c1cccc(C(F)(F)F)c1-c1cccc(Cc2nn(Cc3ccccc3)c3ncnc(N)c23)c1. The number of hydrogen-bond donors (Lipinski definition) is 2. The van der Waals surface area contributed by atoms with E-state index in [0.29, 0.717) is 28.8 Å². The fourth-order valence-corrected chi connectivity index (χ4v) is 4.43. The number of benzene rings is 3. The molecule has 0 unspecified atom stereocenters. The van der Waals surface area contributed by atoms with Crippen LogP contribution in [0.2, 0.25) is 0 Å². The van der Waals surface area contributed by atoms with E-state index in [2.05, 4.69) is 9.97 Å². The van der Waals surface area contributed by atoms with Gasteiger partial charge < -0.3 is 11.5 Å². The molecule has 5 aromatic rings. The number of amides is 1. The van der Waals surface area contributed by atoms with Crippen LogP contribution in [0.5, 0.6) is 0 Å². The highest BCUT2D eigenvalue weighted by Crippen LogP contribution is 2.39. The molecular weight excluding hydrogens is 481 g/mol. The molecule has 0 saturated heterocycles. The minimum atomic E-state index is -4.67. The summed E-state index contributed by atoms with van der Waals surface area (Å²) >= 11 is 0. The molecule has 0 aliphatic carbocycles. The van der Waals surface area contributed by atoms with Gasteiger partial charge in [-0.25, -0.2) is 14.6 Å². The van der Waals surface area contributed by atoms with E-state index in [-0.39, 0.29) is 28.9 Å². The van der Waals surface area contributed by atoms with Gasteiger partial charge in [-0.2, -0.15) is 18.3 Å². The summed E-state index contributed by atoms with van der Waals surface area (Å²) in [6.45, 7) is 0.453. The molecule has 37 heavy (non-hydrogen) atoms. The lowest BCUT2D eigenvalue weighted by Crippen LogP contribution is -2.16. The minimum Gasteiger partial charge on any atom is -0.383 e. The van der Waals surface area contributed by atoms with E-state index in [1.54, 1.807) is 22.9 Å². The van der Waals surface area contributed by atoms with Gasteiger partial charge in [-0.1, -0.05) is 60.7 Å². The average Bonchev–Trinajstić information content (AvgIpc) is 3.21. The number of hydrogen-bond acceptors (Lipinski definition) is 5. The molecule has 5 rings (SSSR count). The van der Waals surface area contributed by atoms with Crippen molar-refractivity contribution < 1.29 is 18.0 Å². The highest BCUT2D eigenvalue weighted by atomic mass is 19.4. The maximum atomic E-state index is 13.8. The Bertz CT molecular complexity index is 1610. The number of carbonyl (C=O) groups excluding carboxylic acids is 1. The molecule has 0 fully saturated rings. The number of rotatable bonds is 6. The van der Waals surface area contributed by atoms with Gasteiger partial charge >= 0.3 is 6.18 Å². The third-order valence-corrected chi connectivity index (χ3v) is 6.03. The van der Waals surface area contributed by atoms with Crippen LogP contribution < -0.4 is 11.5 Å². The first-order valence-corrected chi connectivity index (χ1v) is 11.3. The fraction of sp³-hybridized carbons (Fsp3) is 0.111. The van der Waals surface area contributed by atoms with Crippen molar-refractivity contribution in [2.24, 2.45) is 5.73 Å². The maximum Gasteiger partial charge on any atom is 0.417 e. The number of halogens is 3. The number of carbonyl (C=O) groups is 1. The van der Waals surface area contributed by atoms with Crippen molar-refractivity contribution in [1.29, 1.82) is 0 Å². The van der Waals surface area contributed by atoms with Crippen LogP contribution in [0.15, 0.2) is 79.1 Å². The number of anilines is 1. The predicted octanol–water partition coefficient (Wildman–Crippen LogP) is 4.83. The number of nitrogen functional groups attached to an aromatic ring is 1. The van der Waals surface area contributed by atoms with E-state index in [1.807, 2.05) is 30.3 Å². The predicted molar refractivity (Wildman–Crippen MR) is 133 cm³/mol. The highest BCUT2D eigenvalue weighted by Gasteiger charge is 2.35. The quantitative estimate of drug-likeness (QED) is 0.345. The lowest BCUT2D eigenvalue weighted by Gasteiger charge is -2.16. The summed E-state index contributed by atoms with van der Waals surface area (Å²) in [6.07, 6.45) is -3.05. The van der Waals surface area contributed by atoms with Crippen LogP contribution in [0.25, 0.3) is 22.2 Å². The third kappa shape index (κ3) is 4.73. The monoisotopic (exact) mass is 502 g/mol. The van der Waals surface area contributed by atoms with Crippen molar-refractivity contribution in [3.63, 3.8) is 0 Å². The molecule has 0 radical (unpaired) electrons. The van der Waals surface area contributed by atoms with Crippen LogP contribution in [-0.2, 0) is 19.1 Å². The number of nitrogens with two attached hydrogens (primary N) is 2. The summed E-state index contributed by atoms with van der Waals surface area (Å²) in [5.41, 5.74) is 13.2. The van der Waals surface area contributed by atoms with Crippen LogP contribution in [0, 0.1) is 0 Å². The lowest BCUT2D eigenvalue weighted by molar-refractivity contribution is -0.137. The standard InChI is InChI=1S/C27H21F3N6O/c28-27(29,30)20-11-5-10-19(25(32)37)22(20)18-9-4-8-17(12-18)13-21-23-24(31)33-15-34-26(23)36(35-21)14-16-6-2-1-3-7-16/h1-12,15H,13-14H2,(H2,32,37)(H2,31,33,34). The normalized spacial score (nSPS) is 11.6. The zero-order valence-corrected chi connectivity index (χ0v) is 19.4. The first-order valence-electron chi connectivity index (χ1n) is 11.3. The van der Waals surface area contributed by atoms with Crippen LogP contribution in [-0.4, -0.2) is 25.7 Å². The molecule has 0 aliphatic rings. The molecule has 186 valence electrons. The summed E-state index contributed by atoms with van der Waals surface area (Å²) in [5, 5.41) is 5.31. The first kappa shape index (κ1) is 24.0. The molecular formula is C27H21F3N6O. The summed E-state index contributed by atoms with van der Waals surface area (Å²) in [5.74, 6) is -0.684. The lowest BCUT2D eigenvalue weighted by atomic mass is 9.92. The van der Waals surface area contributed by atoms with Crippen molar-refractivity contribution in [3.8, 4) is 11.1 Å². The topological polar surface area (TPSA) is 113 Å². The first-order chi connectivity index (χ1) is 17.7. The zero-order chi connectivity index (χ0) is 26.2. The smallest absolute Gasteiger partial charge is 0.383 e. The largest absolute Gasteiger partial charge is 0.417 e. The van der Waals surface area contributed by atoms with E-state index in [1.165, 1.54) is 24.5 Å². The van der Waals surface area contributed by atoms with Crippen LogP contribution in [0.4, 0.5) is 19.0 Å². The number of fused-ring (bicyclic) bond motifs is 1. The molecule has 10 heteroatoms. The molecule has 0 spiro atoms. The van der Waals surface area contributed by atoms with Crippen LogP contribution >= 0.6 is 0 Å². The minimum absolute atomic E-state index is 0.206. The van der Waals surface area contributed by atoms with Gasteiger partial charge in [0, 0.05) is 17.5 Å². The molecule has 1 amide bonds. The summed E-state index contributed by atoms with van der Waals surface area (Å²) in [7, 11) is 0. The second-order valence-electron chi connectivity index (χ2n) is 8.51. The highest BCUT2D eigenvalue weighted by molar-refractivity contribution is 6.01. The molecule has 0 bridgehead atoms. The van der Waals surface area contributed by atoms with E-state index in [4.69, 9.17) is 16.6 Å². The van der Waals surface area contributed by atoms with Gasteiger partial charge in [0.2, 0.25) is 5.91 Å². The number of alkyl halides is 3. The van der Waals surface area contributed by atoms with Crippen molar-refractivity contribution in [1.82, 2.24) is 19.7 Å². The van der Waals surface area contributed by atoms with Crippen molar-refractivity contribution in [3.05, 3.63) is 107 Å². The summed E-state index contributed by atoms with van der Waals surface area (Å²) < 4.78 is 43.2. The van der Waals surface area contributed by atoms with Crippen molar-refractivity contribution >= 4 is 22.8 Å². The number of nitrogens with zero attached hydrogens (tertiary/aromatic N) is 4. The Morgan fingerprint density at radius 3 is 2.38 bits per heavy atom. The second kappa shape index (κ2) is 9.38. The summed E-state index contributed by atoms with van der Waals surface area (Å²) in [4.78, 5) is 20.5. The molecule has 0 saturated carbocycles. The second-order valence-corrected chi connectivity index (χ2v) is 8.51. The molecule has 0 aliphatic heterocycles. The van der Waals surface area contributed by atoms with Crippen molar-refractivity contribution in [2.45, 2.75) is 19.1 Å². The zero-order valence-electron chi connectivity index (χ0n) is 19.4. The molecule has 2 heterocycles. The summed E-state index contributed by atoms with van der Waals surface area (Å²) in [6, 6.07) is 19.6. The van der Waals surface area contributed by atoms with Gasteiger partial charge in [0.05, 0.1) is 23.2 Å². The Morgan fingerprint density at radius 1 is 0.919 bits per heavy atom. The Labute approximate surface area is 209 Å². The Balaban J connectivity index is 1.59. The van der Waals surface area contributed by atoms with Gasteiger partial charge in [-0.15, -0.1) is 0 Å². The average molecular weight is 503 g/mol. The van der Waals surface area contributed by atoms with Crippen LogP contribution in [0.3, 0.4) is 0 Å². The van der Waals surface area contributed by atoms with Gasteiger partial charge in [-0.3, -0.25) is 4.79 Å². The molecule has 4 N–H and O–H groups in total. The third-order valence-electron chi connectivity index (χ3n) is 6.03. The Hall–Kier alpha value is -4.73. The Morgan fingerprint density at radius 2 is 1.65 bits per heavy atom. The Kier molecular flexibility index (Phi) is 6.08. The molecule has 3 aromatic carbocycles. The fourth-order valence-electron chi connectivity index (χ4n) is 4.43. The number of aromatic nitrogens is 4. The van der Waals surface area contributed by atoms with E-state index < -0.39 is 17.6 Å². The van der Waals surface area contributed by atoms with E-state index >= 15 is 0 Å². The van der Waals surface area contributed by atoms with Gasteiger partial charge in [-0.05, 0) is 28.8 Å². The number of primary amides is 1. The molecule has 0 atom stereocenters. The maximum absolute atomic E-state index is 13.8. The molecule has 2 aromatic heterocycles. The van der Waals surface area contributed by atoms with Crippen LogP contribution in [0.1, 0.15) is 32.7 Å².